The molecule has 0 aliphatic heterocycles. The maximum atomic E-state index is 11.0. The number of carboxylic acids is 1. The summed E-state index contributed by atoms with van der Waals surface area (Å²) in [6.07, 6.45) is 7.06. The fraction of sp³-hybridized carbons (Fsp3) is 0.938. The summed E-state index contributed by atoms with van der Waals surface area (Å²) in [6.45, 7) is 4.68. The Labute approximate surface area is 110 Å². The van der Waals surface area contributed by atoms with E-state index in [1.807, 2.05) is 0 Å². The molecule has 2 bridgehead atoms. The average Bonchev–Trinajstić information content (AvgIpc) is 2.96. The van der Waals surface area contributed by atoms with Gasteiger partial charge < -0.3 is 5.11 Å². The number of aliphatic carboxylic acids is 1. The molecule has 3 aliphatic carbocycles. The van der Waals surface area contributed by atoms with Crippen molar-refractivity contribution in [2.24, 2.45) is 41.4 Å². The van der Waals surface area contributed by atoms with Crippen LogP contribution in [0, 0.1) is 41.4 Å². The molecule has 102 valence electrons. The second-order valence-corrected chi connectivity index (χ2v) is 6.98. The van der Waals surface area contributed by atoms with Gasteiger partial charge in [-0.15, -0.1) is 0 Å². The molecule has 0 amide bonds. The Hall–Kier alpha value is -0.530. The summed E-state index contributed by atoms with van der Waals surface area (Å²) in [5.74, 6) is 5.20. The first-order valence-corrected chi connectivity index (χ1v) is 7.87. The van der Waals surface area contributed by atoms with Crippen LogP contribution in [0.15, 0.2) is 0 Å². The zero-order valence-corrected chi connectivity index (χ0v) is 11.6. The Morgan fingerprint density at radius 1 is 1.00 bits per heavy atom. The van der Waals surface area contributed by atoms with Crippen LogP contribution in [0.2, 0.25) is 0 Å². The van der Waals surface area contributed by atoms with Crippen LogP contribution in [0.5, 0.6) is 0 Å². The van der Waals surface area contributed by atoms with E-state index in [9.17, 15) is 4.79 Å². The minimum atomic E-state index is -0.581. The number of hydrogen-bond donors (Lipinski definition) is 1. The van der Waals surface area contributed by atoms with Crippen LogP contribution in [0.1, 0.15) is 52.4 Å². The van der Waals surface area contributed by atoms with E-state index >= 15 is 0 Å². The third kappa shape index (κ3) is 1.71. The second kappa shape index (κ2) is 4.54. The number of rotatable bonds is 4. The van der Waals surface area contributed by atoms with Crippen molar-refractivity contribution in [1.82, 2.24) is 0 Å². The maximum Gasteiger partial charge on any atom is 0.303 e. The van der Waals surface area contributed by atoms with Crippen molar-refractivity contribution < 1.29 is 9.90 Å². The predicted octanol–water partition coefficient (Wildman–Crippen LogP) is 3.81. The molecule has 2 heteroatoms. The maximum absolute atomic E-state index is 11.0. The summed E-state index contributed by atoms with van der Waals surface area (Å²) in [5.41, 5.74) is 0. The first kappa shape index (κ1) is 12.5. The van der Waals surface area contributed by atoms with Gasteiger partial charge in [0.1, 0.15) is 0 Å². The minimum Gasteiger partial charge on any atom is -0.481 e. The summed E-state index contributed by atoms with van der Waals surface area (Å²) in [7, 11) is 0. The lowest BCUT2D eigenvalue weighted by atomic mass is 9.70. The zero-order chi connectivity index (χ0) is 12.9. The molecule has 3 rings (SSSR count). The Balaban J connectivity index is 1.79. The molecule has 0 spiro atoms. The summed E-state index contributed by atoms with van der Waals surface area (Å²) in [5, 5.41) is 9.06. The van der Waals surface area contributed by atoms with E-state index in [2.05, 4.69) is 13.8 Å². The molecule has 0 saturated heterocycles. The highest BCUT2D eigenvalue weighted by molar-refractivity contribution is 5.67. The van der Waals surface area contributed by atoms with Crippen LogP contribution in [0.3, 0.4) is 0 Å². The van der Waals surface area contributed by atoms with Gasteiger partial charge in [-0.05, 0) is 60.7 Å². The van der Waals surface area contributed by atoms with Crippen LogP contribution in [0.25, 0.3) is 0 Å². The van der Waals surface area contributed by atoms with Gasteiger partial charge in [-0.1, -0.05) is 26.7 Å². The van der Waals surface area contributed by atoms with E-state index in [4.69, 9.17) is 5.11 Å². The van der Waals surface area contributed by atoms with E-state index in [0.717, 1.165) is 35.5 Å². The second-order valence-electron chi connectivity index (χ2n) is 6.98. The standard InChI is InChI=1S/C16H26O2/c1-3-9-5-10(4-2)16-13-7-12(15(9)16)6-11(13)8-14(17)18/h9-13,15-16H,3-8H2,1-2H3,(H,17,18). The van der Waals surface area contributed by atoms with Crippen molar-refractivity contribution in [3.8, 4) is 0 Å². The first-order valence-electron chi connectivity index (χ1n) is 7.87. The Bertz CT molecular complexity index is 338. The highest BCUT2D eigenvalue weighted by Gasteiger charge is 2.59. The van der Waals surface area contributed by atoms with E-state index in [1.54, 1.807) is 0 Å². The fourth-order valence-electron chi connectivity index (χ4n) is 5.99. The summed E-state index contributed by atoms with van der Waals surface area (Å²) >= 11 is 0. The van der Waals surface area contributed by atoms with Crippen LogP contribution in [-0.2, 0) is 4.79 Å². The normalized spacial score (nSPS) is 49.6. The van der Waals surface area contributed by atoms with Crippen LogP contribution in [0.4, 0.5) is 0 Å². The average molecular weight is 250 g/mol. The molecule has 3 fully saturated rings. The lowest BCUT2D eigenvalue weighted by Crippen LogP contribution is -2.30. The SMILES string of the molecule is CCC1CC(CC)C2C3CC(CC3CC(=O)O)C12. The predicted molar refractivity (Wildman–Crippen MR) is 71.1 cm³/mol. The lowest BCUT2D eigenvalue weighted by Gasteiger charge is -2.35. The van der Waals surface area contributed by atoms with Crippen molar-refractivity contribution in [2.75, 3.05) is 0 Å². The summed E-state index contributed by atoms with van der Waals surface area (Å²) in [4.78, 5) is 11.0. The zero-order valence-electron chi connectivity index (χ0n) is 11.6. The highest BCUT2D eigenvalue weighted by atomic mass is 16.4. The Morgan fingerprint density at radius 2 is 1.67 bits per heavy atom. The molecule has 0 aromatic rings. The molecule has 0 heterocycles. The van der Waals surface area contributed by atoms with Crippen LogP contribution >= 0.6 is 0 Å². The lowest BCUT2D eigenvalue weighted by molar-refractivity contribution is -0.138. The quantitative estimate of drug-likeness (QED) is 0.824. The third-order valence-electron chi connectivity index (χ3n) is 6.45. The van der Waals surface area contributed by atoms with Gasteiger partial charge in [0.05, 0.1) is 0 Å². The van der Waals surface area contributed by atoms with E-state index in [0.29, 0.717) is 12.3 Å². The van der Waals surface area contributed by atoms with Crippen LogP contribution < -0.4 is 0 Å². The molecule has 0 aromatic heterocycles. The molecule has 3 saturated carbocycles. The highest BCUT2D eigenvalue weighted by Crippen LogP contribution is 2.66. The van der Waals surface area contributed by atoms with Crippen molar-refractivity contribution in [3.05, 3.63) is 0 Å². The topological polar surface area (TPSA) is 37.3 Å². The van der Waals surface area contributed by atoms with Gasteiger partial charge >= 0.3 is 5.97 Å². The molecule has 18 heavy (non-hydrogen) atoms. The molecule has 7 atom stereocenters. The van der Waals surface area contributed by atoms with Crippen molar-refractivity contribution in [1.29, 1.82) is 0 Å². The van der Waals surface area contributed by atoms with Crippen molar-refractivity contribution >= 4 is 5.97 Å². The first-order chi connectivity index (χ1) is 8.65. The molecular weight excluding hydrogens is 224 g/mol. The van der Waals surface area contributed by atoms with Gasteiger partial charge in [0.2, 0.25) is 0 Å². The molecule has 0 radical (unpaired) electrons. The van der Waals surface area contributed by atoms with Gasteiger partial charge in [-0.3, -0.25) is 4.79 Å². The summed E-state index contributed by atoms with van der Waals surface area (Å²) < 4.78 is 0. The molecule has 1 N–H and O–H groups in total. The van der Waals surface area contributed by atoms with E-state index < -0.39 is 5.97 Å². The fourth-order valence-corrected chi connectivity index (χ4v) is 5.99. The molecule has 7 unspecified atom stereocenters. The van der Waals surface area contributed by atoms with Crippen LogP contribution in [-0.4, -0.2) is 11.1 Å². The Kier molecular flexibility index (Phi) is 3.15. The van der Waals surface area contributed by atoms with Crippen molar-refractivity contribution in [3.63, 3.8) is 0 Å². The molecular formula is C16H26O2. The minimum absolute atomic E-state index is 0.428. The molecule has 2 nitrogen and oxygen atoms in total. The van der Waals surface area contributed by atoms with Gasteiger partial charge in [0, 0.05) is 6.42 Å². The van der Waals surface area contributed by atoms with Crippen molar-refractivity contribution in [2.45, 2.75) is 52.4 Å². The van der Waals surface area contributed by atoms with Gasteiger partial charge in [-0.25, -0.2) is 0 Å². The number of carbonyl (C=O) groups is 1. The van der Waals surface area contributed by atoms with E-state index in [1.165, 1.54) is 32.1 Å². The number of fused-ring (bicyclic) bond motifs is 5. The number of carboxylic acid groups (broad SMARTS) is 1. The van der Waals surface area contributed by atoms with E-state index in [-0.39, 0.29) is 0 Å². The van der Waals surface area contributed by atoms with Gasteiger partial charge in [-0.2, -0.15) is 0 Å². The third-order valence-corrected chi connectivity index (χ3v) is 6.45. The Morgan fingerprint density at radius 3 is 2.28 bits per heavy atom. The molecule has 3 aliphatic rings. The van der Waals surface area contributed by atoms with Gasteiger partial charge in [0.15, 0.2) is 0 Å². The molecule has 0 aromatic carbocycles. The number of hydrogen-bond acceptors (Lipinski definition) is 1. The summed E-state index contributed by atoms with van der Waals surface area (Å²) in [6, 6.07) is 0. The van der Waals surface area contributed by atoms with Gasteiger partial charge in [0.25, 0.3) is 0 Å². The largest absolute Gasteiger partial charge is 0.481 e. The monoisotopic (exact) mass is 250 g/mol. The smallest absolute Gasteiger partial charge is 0.303 e.